The highest BCUT2D eigenvalue weighted by atomic mass is 16.2. The molecule has 1 aromatic rings. The van der Waals surface area contributed by atoms with Crippen molar-refractivity contribution in [1.82, 2.24) is 5.43 Å². The number of hydrogen-bond donors (Lipinski definition) is 2. The Labute approximate surface area is 106 Å². The Balaban J connectivity index is 2.81. The fourth-order valence-corrected chi connectivity index (χ4v) is 1.41. The molecule has 0 bridgehead atoms. The zero-order chi connectivity index (χ0) is 13.4. The summed E-state index contributed by atoms with van der Waals surface area (Å²) in [5.41, 5.74) is 8.67. The quantitative estimate of drug-likeness (QED) is 0.465. The molecule has 0 heterocycles. The minimum Gasteiger partial charge on any atom is -0.361 e. The number of benzene rings is 1. The number of nitrogens with two attached hydrogens (primary N) is 1. The number of hydrogen-bond acceptors (Lipinski definition) is 3. The fraction of sp³-hybridized carbons (Fsp3) is 0.308. The van der Waals surface area contributed by atoms with E-state index in [1.54, 1.807) is 0 Å². The summed E-state index contributed by atoms with van der Waals surface area (Å²) in [7, 11) is 0. The molecule has 0 saturated heterocycles. The van der Waals surface area contributed by atoms with Gasteiger partial charge < -0.3 is 5.73 Å². The van der Waals surface area contributed by atoms with Crippen molar-refractivity contribution in [3.63, 3.8) is 0 Å². The summed E-state index contributed by atoms with van der Waals surface area (Å²) in [6.45, 7) is 2.07. The largest absolute Gasteiger partial charge is 0.361 e. The lowest BCUT2D eigenvalue weighted by Gasteiger charge is -2.06. The third kappa shape index (κ3) is 4.37. The maximum atomic E-state index is 11.1. The van der Waals surface area contributed by atoms with Crippen LogP contribution in [0.25, 0.3) is 0 Å². The molecule has 3 N–H and O–H groups in total. The van der Waals surface area contributed by atoms with Gasteiger partial charge in [0, 0.05) is 0 Å². The molecule has 0 saturated carbocycles. The van der Waals surface area contributed by atoms with Crippen LogP contribution < -0.4 is 11.2 Å². The third-order valence-corrected chi connectivity index (χ3v) is 2.39. The minimum atomic E-state index is -1.04. The number of nitrogens with one attached hydrogen (secondary N) is 1. The second-order valence-corrected chi connectivity index (χ2v) is 3.83. The average molecular weight is 247 g/mol. The van der Waals surface area contributed by atoms with Gasteiger partial charge in [-0.05, 0) is 18.4 Å². The number of carbonyl (C=O) groups excluding carboxylic acids is 2. The zero-order valence-corrected chi connectivity index (χ0v) is 10.3. The Bertz CT molecular complexity index is 441. The van der Waals surface area contributed by atoms with Gasteiger partial charge in [-0.1, -0.05) is 43.7 Å². The van der Waals surface area contributed by atoms with E-state index in [9.17, 15) is 9.59 Å². The van der Waals surface area contributed by atoms with E-state index in [2.05, 4.69) is 17.5 Å². The molecule has 0 aliphatic carbocycles. The maximum absolute atomic E-state index is 11.1. The van der Waals surface area contributed by atoms with Crippen molar-refractivity contribution in [2.45, 2.75) is 26.2 Å². The van der Waals surface area contributed by atoms with E-state index in [1.165, 1.54) is 0 Å². The van der Waals surface area contributed by atoms with Crippen molar-refractivity contribution in [2.24, 2.45) is 10.8 Å². The number of unbranched alkanes of at least 4 members (excludes halogenated alkanes) is 1. The smallest absolute Gasteiger partial charge is 0.329 e. The number of primary amides is 1. The van der Waals surface area contributed by atoms with E-state index >= 15 is 0 Å². The number of rotatable bonds is 5. The van der Waals surface area contributed by atoms with Gasteiger partial charge in [0.1, 0.15) is 0 Å². The van der Waals surface area contributed by atoms with Crippen LogP contribution in [0.1, 0.15) is 31.7 Å². The van der Waals surface area contributed by atoms with Crippen molar-refractivity contribution in [1.29, 1.82) is 0 Å². The standard InChI is InChI=1S/C13H17N3O2/c1-2-3-9-11(10-7-5-4-6-8-10)15-16-13(18)12(14)17/h4-8H,2-3,9H2,1H3,(H2,14,17)(H,16,18)/b15-11+. The molecule has 1 rings (SSSR count). The molecular formula is C13H17N3O2. The topological polar surface area (TPSA) is 84.6 Å². The molecule has 1 aromatic carbocycles. The molecular weight excluding hydrogens is 230 g/mol. The predicted octanol–water partition coefficient (Wildman–Crippen LogP) is 1.18. The Morgan fingerprint density at radius 2 is 1.94 bits per heavy atom. The fourth-order valence-electron chi connectivity index (χ4n) is 1.41. The van der Waals surface area contributed by atoms with E-state index < -0.39 is 11.8 Å². The predicted molar refractivity (Wildman–Crippen MR) is 69.8 cm³/mol. The molecule has 5 heteroatoms. The molecule has 96 valence electrons. The summed E-state index contributed by atoms with van der Waals surface area (Å²) >= 11 is 0. The van der Waals surface area contributed by atoms with E-state index in [0.717, 1.165) is 30.5 Å². The summed E-state index contributed by atoms with van der Waals surface area (Å²) < 4.78 is 0. The van der Waals surface area contributed by atoms with Crippen LogP contribution in [0, 0.1) is 0 Å². The molecule has 0 fully saturated rings. The summed E-state index contributed by atoms with van der Waals surface area (Å²) in [6, 6.07) is 9.51. The van der Waals surface area contributed by atoms with Crippen LogP contribution in [0.5, 0.6) is 0 Å². The molecule has 18 heavy (non-hydrogen) atoms. The second-order valence-electron chi connectivity index (χ2n) is 3.83. The van der Waals surface area contributed by atoms with Crippen molar-refractivity contribution in [3.05, 3.63) is 35.9 Å². The van der Waals surface area contributed by atoms with Gasteiger partial charge in [-0.3, -0.25) is 9.59 Å². The monoisotopic (exact) mass is 247 g/mol. The summed E-state index contributed by atoms with van der Waals surface area (Å²) in [6.07, 6.45) is 2.72. The zero-order valence-electron chi connectivity index (χ0n) is 10.3. The Morgan fingerprint density at radius 3 is 2.50 bits per heavy atom. The molecule has 2 amide bonds. The first-order chi connectivity index (χ1) is 8.65. The van der Waals surface area contributed by atoms with Crippen molar-refractivity contribution in [3.8, 4) is 0 Å². The second kappa shape index (κ2) is 7.21. The highest BCUT2D eigenvalue weighted by Gasteiger charge is 2.08. The van der Waals surface area contributed by atoms with Crippen LogP contribution >= 0.6 is 0 Å². The lowest BCUT2D eigenvalue weighted by atomic mass is 10.1. The van der Waals surface area contributed by atoms with Crippen LogP contribution in [-0.4, -0.2) is 17.5 Å². The normalized spacial score (nSPS) is 11.1. The summed E-state index contributed by atoms with van der Waals surface area (Å²) in [5.74, 6) is -1.94. The maximum Gasteiger partial charge on any atom is 0.329 e. The lowest BCUT2D eigenvalue weighted by Crippen LogP contribution is -2.33. The third-order valence-electron chi connectivity index (χ3n) is 2.39. The first kappa shape index (κ1) is 13.9. The van der Waals surface area contributed by atoms with Crippen LogP contribution in [0.3, 0.4) is 0 Å². The first-order valence-corrected chi connectivity index (χ1v) is 5.87. The molecule has 0 aliphatic heterocycles. The van der Waals surface area contributed by atoms with Crippen LogP contribution in [0.2, 0.25) is 0 Å². The van der Waals surface area contributed by atoms with Gasteiger partial charge in [-0.25, -0.2) is 5.43 Å². The van der Waals surface area contributed by atoms with Crippen molar-refractivity contribution < 1.29 is 9.59 Å². The van der Waals surface area contributed by atoms with Gasteiger partial charge in [-0.15, -0.1) is 0 Å². The molecule has 0 radical (unpaired) electrons. The summed E-state index contributed by atoms with van der Waals surface area (Å²) in [5, 5.41) is 3.97. The first-order valence-electron chi connectivity index (χ1n) is 5.87. The number of carbonyl (C=O) groups is 2. The number of nitrogens with zero attached hydrogens (tertiary/aromatic N) is 1. The van der Waals surface area contributed by atoms with Crippen LogP contribution in [0.15, 0.2) is 35.4 Å². The molecule has 0 aliphatic rings. The molecule has 0 aromatic heterocycles. The molecule has 0 unspecified atom stereocenters. The van der Waals surface area contributed by atoms with Crippen LogP contribution in [-0.2, 0) is 9.59 Å². The molecule has 0 atom stereocenters. The van der Waals surface area contributed by atoms with E-state index in [1.807, 2.05) is 30.3 Å². The highest BCUT2D eigenvalue weighted by Crippen LogP contribution is 2.07. The van der Waals surface area contributed by atoms with E-state index in [-0.39, 0.29) is 0 Å². The van der Waals surface area contributed by atoms with Crippen molar-refractivity contribution >= 4 is 17.5 Å². The van der Waals surface area contributed by atoms with Crippen molar-refractivity contribution in [2.75, 3.05) is 0 Å². The average Bonchev–Trinajstić information content (AvgIpc) is 2.39. The Morgan fingerprint density at radius 1 is 1.28 bits per heavy atom. The lowest BCUT2D eigenvalue weighted by molar-refractivity contribution is -0.137. The number of amides is 2. The molecule has 0 spiro atoms. The van der Waals surface area contributed by atoms with Gasteiger partial charge in [0.05, 0.1) is 5.71 Å². The number of hydrazone groups is 1. The SMILES string of the molecule is CCCC/C(=N\NC(=O)C(N)=O)c1ccccc1. The summed E-state index contributed by atoms with van der Waals surface area (Å²) in [4.78, 5) is 21.7. The van der Waals surface area contributed by atoms with E-state index in [0.29, 0.717) is 0 Å². The highest BCUT2D eigenvalue weighted by molar-refractivity contribution is 6.34. The van der Waals surface area contributed by atoms with E-state index in [4.69, 9.17) is 5.73 Å². The molecule has 5 nitrogen and oxygen atoms in total. The minimum absolute atomic E-state index is 0.736. The van der Waals surface area contributed by atoms with Gasteiger partial charge in [0.15, 0.2) is 0 Å². The van der Waals surface area contributed by atoms with Gasteiger partial charge in [0.2, 0.25) is 0 Å². The van der Waals surface area contributed by atoms with Gasteiger partial charge in [-0.2, -0.15) is 5.10 Å². The Kier molecular flexibility index (Phi) is 5.57. The van der Waals surface area contributed by atoms with Gasteiger partial charge >= 0.3 is 11.8 Å². The van der Waals surface area contributed by atoms with Crippen LogP contribution in [0.4, 0.5) is 0 Å². The Hall–Kier alpha value is -2.17. The van der Waals surface area contributed by atoms with Gasteiger partial charge in [0.25, 0.3) is 0 Å².